The van der Waals surface area contributed by atoms with Gasteiger partial charge in [-0.3, -0.25) is 0 Å². The predicted molar refractivity (Wildman–Crippen MR) is 118 cm³/mol. The van der Waals surface area contributed by atoms with Crippen LogP contribution in [-0.2, 0) is 36.5 Å². The van der Waals surface area contributed by atoms with Crippen LogP contribution in [0.15, 0.2) is 89.6 Å². The molecule has 0 saturated carbocycles. The van der Waals surface area contributed by atoms with Gasteiger partial charge in [0.2, 0.25) is 0 Å². The summed E-state index contributed by atoms with van der Waals surface area (Å²) in [5, 5.41) is 5.40. The van der Waals surface area contributed by atoms with Gasteiger partial charge < -0.3 is 0 Å². The van der Waals surface area contributed by atoms with Crippen LogP contribution >= 0.6 is 0 Å². The Balaban J connectivity index is 1.42. The molecule has 0 unspecified atom stereocenters. The number of nitrogens with one attached hydrogen (secondary N) is 1. The molecule has 158 valence electrons. The first-order chi connectivity index (χ1) is 15.2. The Morgan fingerprint density at radius 1 is 0.839 bits per heavy atom. The van der Waals surface area contributed by atoms with Gasteiger partial charge in [0, 0.05) is 0 Å². The van der Waals surface area contributed by atoms with Gasteiger partial charge in [-0.05, 0) is 0 Å². The third-order valence-electron chi connectivity index (χ3n) is 4.99. The van der Waals surface area contributed by atoms with Crippen molar-refractivity contribution < 1.29 is 34.5 Å². The number of hydrogen-bond acceptors (Lipinski definition) is 4. The molecular formula is C25H17N3Ni2O. The van der Waals surface area contributed by atoms with Crippen LogP contribution in [0.5, 0.6) is 0 Å². The summed E-state index contributed by atoms with van der Waals surface area (Å²) in [7, 11) is 0. The number of rotatable bonds is 6. The Bertz CT molecular complexity index is 1370. The molecule has 0 spiro atoms. The van der Waals surface area contributed by atoms with E-state index in [2.05, 4.69) is 27.4 Å². The molecule has 0 bridgehead atoms. The predicted octanol–water partition coefficient (Wildman–Crippen LogP) is 4.82. The van der Waals surface area contributed by atoms with Crippen molar-refractivity contribution in [2.24, 2.45) is 0 Å². The third-order valence-corrected chi connectivity index (χ3v) is 5.82. The Morgan fingerprint density at radius 3 is 2.29 bits per heavy atom. The van der Waals surface area contributed by atoms with Crippen LogP contribution in [0.25, 0.3) is 21.9 Å². The monoisotopic (exact) mass is 491 g/mol. The zero-order chi connectivity index (χ0) is 21.2. The van der Waals surface area contributed by atoms with E-state index in [9.17, 15) is 0 Å². The van der Waals surface area contributed by atoms with Gasteiger partial charge in [0.25, 0.3) is 0 Å². The molecule has 0 atom stereocenters. The number of aromatic nitrogens is 2. The fraction of sp³-hybridized carbons (Fsp3) is 0.0400. The van der Waals surface area contributed by atoms with Gasteiger partial charge >= 0.3 is 195 Å². The second kappa shape index (κ2) is 8.67. The van der Waals surface area contributed by atoms with Crippen molar-refractivity contribution in [2.75, 3.05) is 5.32 Å². The molecule has 1 N–H and O–H groups in total. The fourth-order valence-corrected chi connectivity index (χ4v) is 4.21. The molecule has 0 aliphatic carbocycles. The minimum atomic E-state index is 0.380. The standard InChI is InChI=1S/C25H17N3O.2Ni/c1-4-8-22(19(5-1)10-9-18-11-13-26-14-12-18)17-27-25-28-23-15-20-6-2-3-7-21(20)16-24(23)29-25;;/h1-8,11-16H,9H2,(H,27,28);;. The molecule has 0 saturated heterocycles. The molecular weight excluding hydrogens is 476 g/mol. The van der Waals surface area contributed by atoms with E-state index in [1.807, 2.05) is 60.7 Å². The van der Waals surface area contributed by atoms with E-state index in [-0.39, 0.29) is 0 Å². The maximum absolute atomic E-state index is 5.92. The van der Waals surface area contributed by atoms with Crippen LogP contribution in [0.4, 0.5) is 6.01 Å². The number of oxazole rings is 1. The van der Waals surface area contributed by atoms with Crippen LogP contribution in [-0.4, -0.2) is 19.1 Å². The number of anilines is 1. The summed E-state index contributed by atoms with van der Waals surface area (Å²) in [6.45, 7) is 0. The Morgan fingerprint density at radius 2 is 1.52 bits per heavy atom. The van der Waals surface area contributed by atoms with Crippen molar-refractivity contribution in [2.45, 2.75) is 6.42 Å². The normalized spacial score (nSPS) is 11.1. The molecule has 2 heterocycles. The molecule has 31 heavy (non-hydrogen) atoms. The van der Waals surface area contributed by atoms with E-state index in [1.165, 1.54) is 0 Å². The fourth-order valence-electron chi connectivity index (χ4n) is 3.47. The number of benzene rings is 3. The second-order valence-corrected chi connectivity index (χ2v) is 8.13. The second-order valence-electron chi connectivity index (χ2n) is 7.04. The SMILES string of the molecule is [Ni]=[C](Cc1ccncc1)c1ccccc1[C](=[Ni])Nc1nc2cc3ccccc3cc2o1. The molecule has 0 radical (unpaired) electrons. The topological polar surface area (TPSA) is 51.0 Å². The van der Waals surface area contributed by atoms with Crippen LogP contribution in [0.3, 0.4) is 0 Å². The van der Waals surface area contributed by atoms with E-state index in [0.717, 1.165) is 43.1 Å². The third kappa shape index (κ3) is 4.28. The van der Waals surface area contributed by atoms with Crippen molar-refractivity contribution in [3.8, 4) is 0 Å². The summed E-state index contributed by atoms with van der Waals surface area (Å²) in [6.07, 6.45) is 4.22. The molecule has 0 aliphatic rings. The average molecular weight is 493 g/mol. The van der Waals surface area contributed by atoms with Gasteiger partial charge in [0.05, 0.1) is 0 Å². The van der Waals surface area contributed by atoms with Gasteiger partial charge in [-0.1, -0.05) is 0 Å². The van der Waals surface area contributed by atoms with Gasteiger partial charge in [0.15, 0.2) is 0 Å². The van der Waals surface area contributed by atoms with Crippen molar-refractivity contribution in [3.63, 3.8) is 0 Å². The van der Waals surface area contributed by atoms with E-state index >= 15 is 0 Å². The minimum absolute atomic E-state index is 0.380. The number of pyridine rings is 1. The van der Waals surface area contributed by atoms with Crippen molar-refractivity contribution >= 4 is 37.0 Å². The molecule has 0 amide bonds. The molecule has 0 fully saturated rings. The van der Waals surface area contributed by atoms with E-state index in [1.54, 1.807) is 12.4 Å². The van der Waals surface area contributed by atoms with Crippen LogP contribution < -0.4 is 5.32 Å². The van der Waals surface area contributed by atoms with E-state index < -0.39 is 0 Å². The Hall–Kier alpha value is -2.93. The molecule has 3 aromatic carbocycles. The van der Waals surface area contributed by atoms with Gasteiger partial charge in [-0.2, -0.15) is 0 Å². The number of fused-ring (bicyclic) bond motifs is 2. The summed E-state index contributed by atoms with van der Waals surface area (Å²) in [6, 6.07) is 24.4. The van der Waals surface area contributed by atoms with Crippen LogP contribution in [0.1, 0.15) is 16.7 Å². The molecule has 2 aromatic heterocycles. The van der Waals surface area contributed by atoms with Crippen LogP contribution in [0.2, 0.25) is 0 Å². The summed E-state index contributed by atoms with van der Waals surface area (Å²) < 4.78 is 7.35. The molecule has 4 nitrogen and oxygen atoms in total. The Labute approximate surface area is 194 Å². The Kier molecular flexibility index (Phi) is 5.59. The van der Waals surface area contributed by atoms with E-state index in [4.69, 9.17) is 34.5 Å². The van der Waals surface area contributed by atoms with Gasteiger partial charge in [-0.15, -0.1) is 0 Å². The quantitative estimate of drug-likeness (QED) is 0.345. The summed E-state index contributed by atoms with van der Waals surface area (Å²) >= 11 is 10.7. The zero-order valence-corrected chi connectivity index (χ0v) is 18.2. The molecule has 0 aliphatic heterocycles. The first kappa shape index (κ1) is 20.0. The zero-order valence-electron chi connectivity index (χ0n) is 16.2. The van der Waals surface area contributed by atoms with Crippen molar-refractivity contribution in [3.05, 3.63) is 102 Å². The number of nitrogens with zero attached hydrogens (tertiary/aromatic N) is 2. The summed E-state index contributed by atoms with van der Waals surface area (Å²) in [5.41, 5.74) is 4.47. The van der Waals surface area contributed by atoms with Crippen molar-refractivity contribution in [1.82, 2.24) is 9.97 Å². The van der Waals surface area contributed by atoms with Gasteiger partial charge in [-0.25, -0.2) is 0 Å². The van der Waals surface area contributed by atoms with Gasteiger partial charge in [0.1, 0.15) is 0 Å². The number of hydrogen-bond donors (Lipinski definition) is 1. The average Bonchev–Trinajstić information content (AvgIpc) is 3.19. The first-order valence-corrected chi connectivity index (χ1v) is 10.7. The van der Waals surface area contributed by atoms with E-state index in [0.29, 0.717) is 17.1 Å². The summed E-state index contributed by atoms with van der Waals surface area (Å²) in [4.78, 5) is 8.64. The molecule has 6 heteroatoms. The van der Waals surface area contributed by atoms with Crippen LogP contribution in [0, 0.1) is 0 Å². The van der Waals surface area contributed by atoms with Crippen molar-refractivity contribution in [1.29, 1.82) is 0 Å². The first-order valence-electron chi connectivity index (χ1n) is 9.70. The maximum atomic E-state index is 5.92. The summed E-state index contributed by atoms with van der Waals surface area (Å²) in [5.74, 6) is 0. The molecule has 5 aromatic rings. The molecule has 5 rings (SSSR count).